The first-order valence-corrected chi connectivity index (χ1v) is 7.72. The standard InChI is InChI=1S/C14H17Cl3N2O/c1-9(15)14-18-12-7-10(16)11(17)8-13(12)19(14)5-3-4-6-20-2/h7-9H,3-6H2,1-2H3. The van der Waals surface area contributed by atoms with Gasteiger partial charge < -0.3 is 9.30 Å². The minimum absolute atomic E-state index is 0.164. The highest BCUT2D eigenvalue weighted by molar-refractivity contribution is 6.42. The van der Waals surface area contributed by atoms with Gasteiger partial charge in [0.2, 0.25) is 0 Å². The van der Waals surface area contributed by atoms with E-state index in [1.165, 1.54) is 0 Å². The van der Waals surface area contributed by atoms with Gasteiger partial charge in [-0.25, -0.2) is 4.98 Å². The van der Waals surface area contributed by atoms with E-state index < -0.39 is 0 Å². The first-order valence-electron chi connectivity index (χ1n) is 6.52. The molecular formula is C14H17Cl3N2O. The number of benzene rings is 1. The highest BCUT2D eigenvalue weighted by Crippen LogP contribution is 2.31. The van der Waals surface area contributed by atoms with E-state index in [-0.39, 0.29) is 5.38 Å². The SMILES string of the molecule is COCCCCn1c(C(C)Cl)nc2cc(Cl)c(Cl)cc21. The Hall–Kier alpha value is -0.480. The summed E-state index contributed by atoms with van der Waals surface area (Å²) in [5.41, 5.74) is 1.80. The maximum atomic E-state index is 6.23. The van der Waals surface area contributed by atoms with Crippen molar-refractivity contribution in [2.45, 2.75) is 31.7 Å². The number of nitrogens with zero attached hydrogens (tertiary/aromatic N) is 2. The Kier molecular flexibility index (Phi) is 5.56. The second-order valence-electron chi connectivity index (χ2n) is 4.69. The van der Waals surface area contributed by atoms with Crippen LogP contribution in [0.3, 0.4) is 0 Å². The molecule has 0 saturated heterocycles. The molecule has 110 valence electrons. The van der Waals surface area contributed by atoms with E-state index in [0.717, 1.165) is 42.9 Å². The summed E-state index contributed by atoms with van der Waals surface area (Å²) in [6, 6.07) is 3.64. The number of hydrogen-bond donors (Lipinski definition) is 0. The smallest absolute Gasteiger partial charge is 0.127 e. The van der Waals surface area contributed by atoms with Crippen molar-refractivity contribution in [1.82, 2.24) is 9.55 Å². The highest BCUT2D eigenvalue weighted by atomic mass is 35.5. The maximum Gasteiger partial charge on any atom is 0.127 e. The molecule has 2 rings (SSSR count). The third-order valence-electron chi connectivity index (χ3n) is 3.16. The van der Waals surface area contributed by atoms with Crippen LogP contribution in [-0.4, -0.2) is 23.3 Å². The van der Waals surface area contributed by atoms with Crippen molar-refractivity contribution < 1.29 is 4.74 Å². The Labute approximate surface area is 133 Å². The van der Waals surface area contributed by atoms with Gasteiger partial charge in [0.15, 0.2) is 0 Å². The van der Waals surface area contributed by atoms with Crippen LogP contribution in [0.4, 0.5) is 0 Å². The molecule has 0 N–H and O–H groups in total. The molecule has 0 bridgehead atoms. The van der Waals surface area contributed by atoms with Crippen LogP contribution in [0, 0.1) is 0 Å². The maximum absolute atomic E-state index is 6.23. The van der Waals surface area contributed by atoms with Crippen LogP contribution in [0.25, 0.3) is 11.0 Å². The second-order valence-corrected chi connectivity index (χ2v) is 6.16. The zero-order valence-corrected chi connectivity index (χ0v) is 13.8. The van der Waals surface area contributed by atoms with Gasteiger partial charge in [-0.2, -0.15) is 0 Å². The zero-order valence-electron chi connectivity index (χ0n) is 11.5. The number of unbranched alkanes of at least 4 members (excludes halogenated alkanes) is 1. The normalized spacial score (nSPS) is 13.1. The van der Waals surface area contributed by atoms with E-state index in [2.05, 4.69) is 9.55 Å². The van der Waals surface area contributed by atoms with Crippen LogP contribution in [0.1, 0.15) is 31.0 Å². The fraction of sp³-hybridized carbons (Fsp3) is 0.500. The minimum atomic E-state index is -0.164. The monoisotopic (exact) mass is 334 g/mol. The van der Waals surface area contributed by atoms with Crippen LogP contribution in [0.5, 0.6) is 0 Å². The quantitative estimate of drug-likeness (QED) is 0.544. The molecular weight excluding hydrogens is 319 g/mol. The molecule has 6 heteroatoms. The summed E-state index contributed by atoms with van der Waals surface area (Å²) in [5.74, 6) is 0.845. The number of imidazole rings is 1. The zero-order chi connectivity index (χ0) is 14.7. The van der Waals surface area contributed by atoms with Gasteiger partial charge in [0.1, 0.15) is 5.82 Å². The lowest BCUT2D eigenvalue weighted by atomic mass is 10.3. The molecule has 20 heavy (non-hydrogen) atoms. The highest BCUT2D eigenvalue weighted by Gasteiger charge is 2.16. The lowest BCUT2D eigenvalue weighted by Gasteiger charge is -2.10. The summed E-state index contributed by atoms with van der Waals surface area (Å²) in [4.78, 5) is 4.57. The molecule has 0 fully saturated rings. The summed E-state index contributed by atoms with van der Waals surface area (Å²) in [6.07, 6.45) is 1.99. The summed E-state index contributed by atoms with van der Waals surface area (Å²) in [6.45, 7) is 3.51. The Bertz CT molecular complexity index is 596. The summed E-state index contributed by atoms with van der Waals surface area (Å²) in [5, 5.41) is 0.880. The van der Waals surface area contributed by atoms with Crippen LogP contribution in [0.2, 0.25) is 10.0 Å². The van der Waals surface area contributed by atoms with E-state index in [9.17, 15) is 0 Å². The average molecular weight is 336 g/mol. The lowest BCUT2D eigenvalue weighted by molar-refractivity contribution is 0.191. The third kappa shape index (κ3) is 3.40. The number of aromatic nitrogens is 2. The van der Waals surface area contributed by atoms with Gasteiger partial charge in [-0.3, -0.25) is 0 Å². The van der Waals surface area contributed by atoms with Crippen LogP contribution in [0.15, 0.2) is 12.1 Å². The van der Waals surface area contributed by atoms with Gasteiger partial charge in [-0.15, -0.1) is 11.6 Å². The minimum Gasteiger partial charge on any atom is -0.385 e. The Morgan fingerprint density at radius 1 is 1.25 bits per heavy atom. The van der Waals surface area contributed by atoms with E-state index in [0.29, 0.717) is 10.0 Å². The Balaban J connectivity index is 2.37. The van der Waals surface area contributed by atoms with Crippen molar-refractivity contribution >= 4 is 45.8 Å². The summed E-state index contributed by atoms with van der Waals surface area (Å²) in [7, 11) is 1.71. The number of rotatable bonds is 6. The van der Waals surface area contributed by atoms with Crippen molar-refractivity contribution in [3.8, 4) is 0 Å². The molecule has 1 aromatic carbocycles. The third-order valence-corrected chi connectivity index (χ3v) is 4.07. The van der Waals surface area contributed by atoms with Crippen molar-refractivity contribution in [1.29, 1.82) is 0 Å². The molecule has 0 aliphatic rings. The molecule has 1 unspecified atom stereocenters. The van der Waals surface area contributed by atoms with Gasteiger partial charge in [0, 0.05) is 20.3 Å². The van der Waals surface area contributed by atoms with Crippen molar-refractivity contribution in [3.05, 3.63) is 28.0 Å². The van der Waals surface area contributed by atoms with Crippen molar-refractivity contribution in [3.63, 3.8) is 0 Å². The van der Waals surface area contributed by atoms with E-state index in [1.54, 1.807) is 13.2 Å². The van der Waals surface area contributed by atoms with Gasteiger partial charge in [0.25, 0.3) is 0 Å². The first-order chi connectivity index (χ1) is 9.54. The van der Waals surface area contributed by atoms with Gasteiger partial charge in [0.05, 0.1) is 26.5 Å². The van der Waals surface area contributed by atoms with Crippen molar-refractivity contribution in [2.75, 3.05) is 13.7 Å². The predicted octanol–water partition coefficient (Wildman–Crippen LogP) is 5.07. The molecule has 0 aliphatic heterocycles. The lowest BCUT2D eigenvalue weighted by Crippen LogP contribution is -2.05. The van der Waals surface area contributed by atoms with E-state index in [4.69, 9.17) is 39.5 Å². The number of fused-ring (bicyclic) bond motifs is 1. The van der Waals surface area contributed by atoms with Gasteiger partial charge in [-0.1, -0.05) is 23.2 Å². The Morgan fingerprint density at radius 2 is 1.95 bits per heavy atom. The number of aryl methyl sites for hydroxylation is 1. The van der Waals surface area contributed by atoms with Crippen LogP contribution in [-0.2, 0) is 11.3 Å². The number of hydrogen-bond acceptors (Lipinski definition) is 2. The molecule has 1 heterocycles. The second kappa shape index (κ2) is 6.99. The number of halogens is 3. The number of ether oxygens (including phenoxy) is 1. The fourth-order valence-electron chi connectivity index (χ4n) is 2.19. The average Bonchev–Trinajstić information content (AvgIpc) is 2.74. The summed E-state index contributed by atoms with van der Waals surface area (Å²) < 4.78 is 7.19. The van der Waals surface area contributed by atoms with Crippen LogP contribution >= 0.6 is 34.8 Å². The number of alkyl halides is 1. The molecule has 0 aliphatic carbocycles. The van der Waals surface area contributed by atoms with E-state index in [1.807, 2.05) is 13.0 Å². The predicted molar refractivity (Wildman–Crippen MR) is 85.1 cm³/mol. The molecule has 3 nitrogen and oxygen atoms in total. The van der Waals surface area contributed by atoms with E-state index >= 15 is 0 Å². The van der Waals surface area contributed by atoms with Crippen LogP contribution < -0.4 is 0 Å². The molecule has 0 radical (unpaired) electrons. The Morgan fingerprint density at radius 3 is 2.60 bits per heavy atom. The van der Waals surface area contributed by atoms with Gasteiger partial charge in [-0.05, 0) is 31.9 Å². The molecule has 1 atom stereocenters. The summed E-state index contributed by atoms with van der Waals surface area (Å²) >= 11 is 18.4. The molecule has 2 aromatic rings. The molecule has 0 amide bonds. The van der Waals surface area contributed by atoms with Gasteiger partial charge >= 0.3 is 0 Å². The molecule has 0 saturated carbocycles. The number of methoxy groups -OCH3 is 1. The largest absolute Gasteiger partial charge is 0.385 e. The first kappa shape index (κ1) is 15.9. The molecule has 0 spiro atoms. The topological polar surface area (TPSA) is 27.1 Å². The molecule has 1 aromatic heterocycles. The fourth-order valence-corrected chi connectivity index (χ4v) is 2.68. The van der Waals surface area contributed by atoms with Crippen molar-refractivity contribution in [2.24, 2.45) is 0 Å².